The molecule has 1 unspecified atom stereocenters. The molecule has 0 saturated heterocycles. The Morgan fingerprint density at radius 3 is 2.60 bits per heavy atom. The first-order chi connectivity index (χ1) is 9.64. The second-order valence-electron chi connectivity index (χ2n) is 5.36. The third-order valence-electron chi connectivity index (χ3n) is 3.74. The third-order valence-corrected chi connectivity index (χ3v) is 6.96. The van der Waals surface area contributed by atoms with Gasteiger partial charge in [-0.25, -0.2) is 0 Å². The molecule has 3 rings (SSSR count). The Balaban J connectivity index is 1.70. The summed E-state index contributed by atoms with van der Waals surface area (Å²) in [5.74, 6) is 0.835. The van der Waals surface area contributed by atoms with Crippen LogP contribution >= 0.6 is 34.9 Å². The van der Waals surface area contributed by atoms with Crippen molar-refractivity contribution in [3.63, 3.8) is 0 Å². The molecule has 5 nitrogen and oxygen atoms in total. The van der Waals surface area contributed by atoms with Crippen molar-refractivity contribution in [1.29, 1.82) is 0 Å². The van der Waals surface area contributed by atoms with Crippen molar-refractivity contribution in [1.82, 2.24) is 15.5 Å². The van der Waals surface area contributed by atoms with Gasteiger partial charge in [0.1, 0.15) is 5.54 Å². The average Bonchev–Trinajstić information content (AvgIpc) is 3.34. The summed E-state index contributed by atoms with van der Waals surface area (Å²) >= 11 is 4.77. The van der Waals surface area contributed by atoms with E-state index in [1.54, 1.807) is 34.9 Å². The van der Waals surface area contributed by atoms with Gasteiger partial charge in [0, 0.05) is 11.8 Å². The van der Waals surface area contributed by atoms with Crippen LogP contribution in [0, 0.1) is 5.92 Å². The summed E-state index contributed by atoms with van der Waals surface area (Å²) in [6.07, 6.45) is 6.48. The zero-order valence-electron chi connectivity index (χ0n) is 11.3. The number of carbonyl (C=O) groups is 1. The molecule has 1 amide bonds. The molecular formula is C12H18N4OS3. The SMILES string of the molecule is CSc1nnc(SCC(NC2CC2)(C(N)=O)C2CC2)s1. The first-order valence-corrected chi connectivity index (χ1v) is 9.74. The molecule has 1 aromatic heterocycles. The van der Waals surface area contributed by atoms with E-state index in [1.807, 2.05) is 6.26 Å². The molecule has 0 aliphatic heterocycles. The van der Waals surface area contributed by atoms with Crippen molar-refractivity contribution in [3.05, 3.63) is 0 Å². The highest BCUT2D eigenvalue weighted by Gasteiger charge is 2.51. The van der Waals surface area contributed by atoms with Crippen molar-refractivity contribution in [2.75, 3.05) is 12.0 Å². The number of hydrogen-bond acceptors (Lipinski definition) is 7. The van der Waals surface area contributed by atoms with Crippen molar-refractivity contribution in [3.8, 4) is 0 Å². The van der Waals surface area contributed by atoms with Crippen LogP contribution in [0.4, 0.5) is 0 Å². The normalized spacial score (nSPS) is 21.6. The van der Waals surface area contributed by atoms with Gasteiger partial charge in [0.2, 0.25) is 5.91 Å². The third kappa shape index (κ3) is 3.13. The van der Waals surface area contributed by atoms with E-state index < -0.39 is 5.54 Å². The lowest BCUT2D eigenvalue weighted by Gasteiger charge is -2.31. The Morgan fingerprint density at radius 2 is 2.10 bits per heavy atom. The Bertz CT molecular complexity index is 501. The highest BCUT2D eigenvalue weighted by molar-refractivity contribution is 8.03. The van der Waals surface area contributed by atoms with Gasteiger partial charge in [0.15, 0.2) is 8.68 Å². The minimum absolute atomic E-state index is 0.214. The van der Waals surface area contributed by atoms with E-state index in [0.717, 1.165) is 34.4 Å². The predicted molar refractivity (Wildman–Crippen MR) is 83.2 cm³/mol. The van der Waals surface area contributed by atoms with Gasteiger partial charge in [-0.1, -0.05) is 34.9 Å². The van der Waals surface area contributed by atoms with E-state index in [9.17, 15) is 4.79 Å². The molecule has 8 heteroatoms. The number of nitrogens with two attached hydrogens (primary N) is 1. The van der Waals surface area contributed by atoms with Crippen LogP contribution in [-0.2, 0) is 4.79 Å². The highest BCUT2D eigenvalue weighted by Crippen LogP contribution is 2.44. The van der Waals surface area contributed by atoms with Crippen LogP contribution in [0.15, 0.2) is 8.68 Å². The van der Waals surface area contributed by atoms with Crippen molar-refractivity contribution in [2.24, 2.45) is 11.7 Å². The number of thioether (sulfide) groups is 2. The van der Waals surface area contributed by atoms with Gasteiger partial charge >= 0.3 is 0 Å². The maximum atomic E-state index is 12.1. The summed E-state index contributed by atoms with van der Waals surface area (Å²) in [6, 6.07) is 0.472. The first-order valence-electron chi connectivity index (χ1n) is 6.72. The summed E-state index contributed by atoms with van der Waals surface area (Å²) in [5, 5.41) is 11.8. The van der Waals surface area contributed by atoms with E-state index >= 15 is 0 Å². The van der Waals surface area contributed by atoms with Crippen LogP contribution in [0.5, 0.6) is 0 Å². The van der Waals surface area contributed by atoms with E-state index in [2.05, 4.69) is 15.5 Å². The molecular weight excluding hydrogens is 312 g/mol. The zero-order chi connectivity index (χ0) is 14.2. The maximum Gasteiger partial charge on any atom is 0.238 e. The van der Waals surface area contributed by atoms with Gasteiger partial charge in [0.05, 0.1) is 0 Å². The summed E-state index contributed by atoms with van der Waals surface area (Å²) < 4.78 is 1.87. The molecule has 110 valence electrons. The Labute approximate surface area is 130 Å². The second-order valence-corrected chi connectivity index (χ2v) is 8.61. The van der Waals surface area contributed by atoms with Crippen LogP contribution in [0.3, 0.4) is 0 Å². The minimum Gasteiger partial charge on any atom is -0.368 e. The summed E-state index contributed by atoms with van der Waals surface area (Å²) in [5.41, 5.74) is 5.17. The fourth-order valence-corrected chi connectivity index (χ4v) is 5.03. The topological polar surface area (TPSA) is 80.9 Å². The molecule has 2 saturated carbocycles. The Morgan fingerprint density at radius 1 is 1.40 bits per heavy atom. The predicted octanol–water partition coefficient (Wildman–Crippen LogP) is 1.74. The Kier molecular flexibility index (Phi) is 4.26. The van der Waals surface area contributed by atoms with E-state index in [1.165, 1.54) is 0 Å². The molecule has 2 aliphatic carbocycles. The van der Waals surface area contributed by atoms with Crippen molar-refractivity contribution < 1.29 is 4.79 Å². The molecule has 0 radical (unpaired) electrons. The molecule has 2 aliphatic rings. The molecule has 3 N–H and O–H groups in total. The average molecular weight is 331 g/mol. The number of nitrogens with zero attached hydrogens (tertiary/aromatic N) is 2. The monoisotopic (exact) mass is 330 g/mol. The molecule has 0 aromatic carbocycles. The van der Waals surface area contributed by atoms with Crippen LogP contribution < -0.4 is 11.1 Å². The van der Waals surface area contributed by atoms with Gasteiger partial charge < -0.3 is 5.73 Å². The summed E-state index contributed by atoms with van der Waals surface area (Å²) in [6.45, 7) is 0. The second kappa shape index (κ2) is 5.82. The minimum atomic E-state index is -0.559. The maximum absolute atomic E-state index is 12.1. The number of amides is 1. The van der Waals surface area contributed by atoms with Crippen LogP contribution in [0.25, 0.3) is 0 Å². The first kappa shape index (κ1) is 14.6. The number of rotatable bonds is 8. The number of aromatic nitrogens is 2. The van der Waals surface area contributed by atoms with Crippen LogP contribution in [0.1, 0.15) is 25.7 Å². The molecule has 20 heavy (non-hydrogen) atoms. The van der Waals surface area contributed by atoms with Gasteiger partial charge in [-0.3, -0.25) is 10.1 Å². The van der Waals surface area contributed by atoms with Gasteiger partial charge in [-0.2, -0.15) is 0 Å². The quantitative estimate of drug-likeness (QED) is 0.707. The Hall–Kier alpha value is -0.310. The summed E-state index contributed by atoms with van der Waals surface area (Å²) in [4.78, 5) is 12.1. The van der Waals surface area contributed by atoms with Gasteiger partial charge in [-0.05, 0) is 37.9 Å². The molecule has 1 atom stereocenters. The lowest BCUT2D eigenvalue weighted by molar-refractivity contribution is -0.124. The molecule has 2 fully saturated rings. The van der Waals surface area contributed by atoms with E-state index in [4.69, 9.17) is 5.73 Å². The smallest absolute Gasteiger partial charge is 0.238 e. The molecule has 0 bridgehead atoms. The van der Waals surface area contributed by atoms with E-state index in [-0.39, 0.29) is 5.91 Å². The summed E-state index contributed by atoms with van der Waals surface area (Å²) in [7, 11) is 0. The molecule has 1 aromatic rings. The van der Waals surface area contributed by atoms with Crippen molar-refractivity contribution in [2.45, 2.75) is 45.9 Å². The van der Waals surface area contributed by atoms with Crippen molar-refractivity contribution >= 4 is 40.8 Å². The number of hydrogen-bond donors (Lipinski definition) is 2. The fraction of sp³-hybridized carbons (Fsp3) is 0.750. The largest absolute Gasteiger partial charge is 0.368 e. The van der Waals surface area contributed by atoms with Gasteiger partial charge in [-0.15, -0.1) is 10.2 Å². The fourth-order valence-electron chi connectivity index (χ4n) is 2.30. The lowest BCUT2D eigenvalue weighted by Crippen LogP contribution is -2.60. The standard InChI is InChI=1S/C12H18N4OS3/c1-18-10-15-16-11(20-10)19-6-12(9(13)17,7-2-3-7)14-8-4-5-8/h7-8,14H,2-6H2,1H3,(H2,13,17). The number of nitrogens with one attached hydrogen (secondary N) is 1. The molecule has 0 spiro atoms. The zero-order valence-corrected chi connectivity index (χ0v) is 13.7. The van der Waals surface area contributed by atoms with Gasteiger partial charge in [0.25, 0.3) is 0 Å². The highest BCUT2D eigenvalue weighted by atomic mass is 32.2. The number of primary amides is 1. The number of carbonyl (C=O) groups excluding carboxylic acids is 1. The van der Waals surface area contributed by atoms with Crippen LogP contribution in [0.2, 0.25) is 0 Å². The lowest BCUT2D eigenvalue weighted by atomic mass is 9.94. The van der Waals surface area contributed by atoms with Crippen LogP contribution in [-0.4, -0.2) is 39.7 Å². The van der Waals surface area contributed by atoms with E-state index in [0.29, 0.717) is 17.7 Å². The molecule has 1 heterocycles.